The standard InChI is InChI=1S/C23H25ClN4O2/c24-19-7-5-17(6-8-19)15-22(29)27-11-13-28(14-12-27)23(30)25-10-9-18-16-26-21-4-2-1-3-20(18)21/h1-8,16,26H,9-15H2,(H,25,30). The normalized spacial score (nSPS) is 14.2. The largest absolute Gasteiger partial charge is 0.361 e. The minimum Gasteiger partial charge on any atom is -0.361 e. The second-order valence-electron chi connectivity index (χ2n) is 7.51. The van der Waals surface area contributed by atoms with Crippen molar-refractivity contribution in [3.63, 3.8) is 0 Å². The van der Waals surface area contributed by atoms with Gasteiger partial charge in [-0.15, -0.1) is 0 Å². The molecule has 1 saturated heterocycles. The summed E-state index contributed by atoms with van der Waals surface area (Å²) in [5.41, 5.74) is 3.25. The summed E-state index contributed by atoms with van der Waals surface area (Å²) in [5.74, 6) is 0.0803. The highest BCUT2D eigenvalue weighted by Gasteiger charge is 2.24. The first-order chi connectivity index (χ1) is 14.6. The predicted octanol–water partition coefficient (Wildman–Crippen LogP) is 3.46. The molecule has 0 aliphatic carbocycles. The maximum atomic E-state index is 12.5. The number of carbonyl (C=O) groups is 2. The fourth-order valence-electron chi connectivity index (χ4n) is 3.80. The number of halogens is 1. The fraction of sp³-hybridized carbons (Fsp3) is 0.304. The lowest BCUT2D eigenvalue weighted by Crippen LogP contribution is -2.53. The Morgan fingerprint density at radius 2 is 1.67 bits per heavy atom. The molecule has 2 aromatic carbocycles. The van der Waals surface area contributed by atoms with E-state index in [0.29, 0.717) is 44.2 Å². The van der Waals surface area contributed by atoms with E-state index in [1.165, 1.54) is 10.9 Å². The number of rotatable bonds is 5. The fourth-order valence-corrected chi connectivity index (χ4v) is 3.93. The number of nitrogens with one attached hydrogen (secondary N) is 2. The van der Waals surface area contributed by atoms with Gasteiger partial charge in [0.05, 0.1) is 6.42 Å². The van der Waals surface area contributed by atoms with Crippen LogP contribution in [0.5, 0.6) is 0 Å². The monoisotopic (exact) mass is 424 g/mol. The number of hydrogen-bond acceptors (Lipinski definition) is 2. The van der Waals surface area contributed by atoms with Crippen molar-refractivity contribution >= 4 is 34.4 Å². The summed E-state index contributed by atoms with van der Waals surface area (Å²) in [6.07, 6.45) is 3.13. The molecule has 3 aromatic rings. The Morgan fingerprint density at radius 3 is 2.43 bits per heavy atom. The number of fused-ring (bicyclic) bond motifs is 1. The number of hydrogen-bond donors (Lipinski definition) is 2. The van der Waals surface area contributed by atoms with E-state index >= 15 is 0 Å². The summed E-state index contributed by atoms with van der Waals surface area (Å²) >= 11 is 5.89. The Bertz CT molecular complexity index is 1020. The summed E-state index contributed by atoms with van der Waals surface area (Å²) in [7, 11) is 0. The first-order valence-electron chi connectivity index (χ1n) is 10.2. The number of amides is 3. The lowest BCUT2D eigenvalue weighted by molar-refractivity contribution is -0.131. The van der Waals surface area contributed by atoms with Gasteiger partial charge in [-0.3, -0.25) is 4.79 Å². The van der Waals surface area contributed by atoms with Crippen LogP contribution in [0.15, 0.2) is 54.7 Å². The van der Waals surface area contributed by atoms with E-state index in [1.54, 1.807) is 17.0 Å². The summed E-state index contributed by atoms with van der Waals surface area (Å²) in [6.45, 7) is 2.79. The smallest absolute Gasteiger partial charge is 0.317 e. The molecule has 2 heterocycles. The molecule has 4 rings (SSSR count). The SMILES string of the molecule is O=C(Cc1ccc(Cl)cc1)N1CCN(C(=O)NCCc2c[nH]c3ccccc23)CC1. The van der Waals surface area contributed by atoms with E-state index in [2.05, 4.69) is 16.4 Å². The highest BCUT2D eigenvalue weighted by Crippen LogP contribution is 2.17. The molecule has 1 aliphatic heterocycles. The molecule has 6 nitrogen and oxygen atoms in total. The summed E-state index contributed by atoms with van der Waals surface area (Å²) in [5, 5.41) is 4.86. The van der Waals surface area contributed by atoms with Gasteiger partial charge in [0.1, 0.15) is 0 Å². The van der Waals surface area contributed by atoms with Crippen molar-refractivity contribution < 1.29 is 9.59 Å². The highest BCUT2D eigenvalue weighted by atomic mass is 35.5. The van der Waals surface area contributed by atoms with Crippen molar-refractivity contribution in [2.24, 2.45) is 0 Å². The third kappa shape index (κ3) is 4.76. The average Bonchev–Trinajstić information content (AvgIpc) is 3.18. The number of benzene rings is 2. The number of aromatic nitrogens is 1. The van der Waals surface area contributed by atoms with Crippen molar-refractivity contribution in [1.82, 2.24) is 20.1 Å². The van der Waals surface area contributed by atoms with Crippen molar-refractivity contribution in [2.45, 2.75) is 12.8 Å². The predicted molar refractivity (Wildman–Crippen MR) is 119 cm³/mol. The van der Waals surface area contributed by atoms with Gasteiger partial charge in [0.2, 0.25) is 5.91 Å². The van der Waals surface area contributed by atoms with Gasteiger partial charge in [-0.05, 0) is 35.7 Å². The van der Waals surface area contributed by atoms with Crippen molar-refractivity contribution in [3.8, 4) is 0 Å². The topological polar surface area (TPSA) is 68.4 Å². The number of nitrogens with zero attached hydrogens (tertiary/aromatic N) is 2. The molecule has 2 N–H and O–H groups in total. The van der Waals surface area contributed by atoms with Crippen LogP contribution in [-0.4, -0.2) is 59.4 Å². The van der Waals surface area contributed by atoms with Gasteiger partial charge in [-0.25, -0.2) is 4.79 Å². The second kappa shape index (κ2) is 9.22. The molecule has 30 heavy (non-hydrogen) atoms. The molecule has 3 amide bonds. The molecule has 1 fully saturated rings. The average molecular weight is 425 g/mol. The minimum atomic E-state index is -0.0698. The number of carbonyl (C=O) groups excluding carboxylic acids is 2. The Labute approximate surface area is 180 Å². The second-order valence-corrected chi connectivity index (χ2v) is 7.95. The number of urea groups is 1. The van der Waals surface area contributed by atoms with Crippen LogP contribution in [0, 0.1) is 0 Å². The number of aromatic amines is 1. The molecule has 0 saturated carbocycles. The van der Waals surface area contributed by atoms with E-state index < -0.39 is 0 Å². The maximum Gasteiger partial charge on any atom is 0.317 e. The van der Waals surface area contributed by atoms with Crippen LogP contribution in [0.3, 0.4) is 0 Å². The zero-order valence-corrected chi connectivity index (χ0v) is 17.5. The summed E-state index contributed by atoms with van der Waals surface area (Å²) < 4.78 is 0. The Kier molecular flexibility index (Phi) is 6.23. The summed E-state index contributed by atoms with van der Waals surface area (Å²) in [4.78, 5) is 31.9. The quantitative estimate of drug-likeness (QED) is 0.658. The van der Waals surface area contributed by atoms with E-state index in [-0.39, 0.29) is 11.9 Å². The molecule has 1 aromatic heterocycles. The van der Waals surface area contributed by atoms with Crippen LogP contribution in [0.25, 0.3) is 10.9 Å². The van der Waals surface area contributed by atoms with Gasteiger partial charge in [0.25, 0.3) is 0 Å². The molecule has 0 radical (unpaired) electrons. The minimum absolute atomic E-state index is 0.0698. The van der Waals surface area contributed by atoms with E-state index in [0.717, 1.165) is 17.5 Å². The molecular formula is C23H25ClN4O2. The lowest BCUT2D eigenvalue weighted by atomic mass is 10.1. The van der Waals surface area contributed by atoms with Gasteiger partial charge >= 0.3 is 6.03 Å². The summed E-state index contributed by atoms with van der Waals surface area (Å²) in [6, 6.07) is 15.4. The van der Waals surface area contributed by atoms with Gasteiger partial charge in [-0.2, -0.15) is 0 Å². The molecule has 1 aliphatic rings. The Hall–Kier alpha value is -2.99. The first kappa shape index (κ1) is 20.3. The van der Waals surface area contributed by atoms with Crippen LogP contribution in [0.2, 0.25) is 5.02 Å². The number of para-hydroxylation sites is 1. The molecule has 7 heteroatoms. The van der Waals surface area contributed by atoms with Crippen molar-refractivity contribution in [2.75, 3.05) is 32.7 Å². The van der Waals surface area contributed by atoms with Crippen LogP contribution in [0.1, 0.15) is 11.1 Å². The van der Waals surface area contributed by atoms with E-state index in [1.807, 2.05) is 41.4 Å². The molecule has 0 bridgehead atoms. The third-order valence-corrected chi connectivity index (χ3v) is 5.79. The third-order valence-electron chi connectivity index (χ3n) is 5.53. The van der Waals surface area contributed by atoms with Gasteiger partial charge < -0.3 is 20.1 Å². The molecule has 0 unspecified atom stereocenters. The molecule has 0 spiro atoms. The lowest BCUT2D eigenvalue weighted by Gasteiger charge is -2.34. The van der Waals surface area contributed by atoms with Crippen LogP contribution < -0.4 is 5.32 Å². The first-order valence-corrected chi connectivity index (χ1v) is 10.6. The van der Waals surface area contributed by atoms with Gasteiger partial charge in [0, 0.05) is 54.8 Å². The zero-order chi connectivity index (χ0) is 20.9. The van der Waals surface area contributed by atoms with Crippen LogP contribution in [0.4, 0.5) is 4.79 Å². The Morgan fingerprint density at radius 1 is 0.967 bits per heavy atom. The van der Waals surface area contributed by atoms with Gasteiger partial charge in [-0.1, -0.05) is 41.9 Å². The highest BCUT2D eigenvalue weighted by molar-refractivity contribution is 6.30. The van der Waals surface area contributed by atoms with Crippen LogP contribution in [-0.2, 0) is 17.6 Å². The number of piperazine rings is 1. The van der Waals surface area contributed by atoms with E-state index in [4.69, 9.17) is 11.6 Å². The Balaban J connectivity index is 1.21. The maximum absolute atomic E-state index is 12.5. The van der Waals surface area contributed by atoms with Gasteiger partial charge in [0.15, 0.2) is 0 Å². The van der Waals surface area contributed by atoms with Crippen LogP contribution >= 0.6 is 11.6 Å². The zero-order valence-electron chi connectivity index (χ0n) is 16.7. The molecular weight excluding hydrogens is 400 g/mol. The number of H-pyrrole nitrogens is 1. The molecule has 156 valence electrons. The van der Waals surface area contributed by atoms with Crippen molar-refractivity contribution in [1.29, 1.82) is 0 Å². The molecule has 0 atom stereocenters. The van der Waals surface area contributed by atoms with Crippen molar-refractivity contribution in [3.05, 3.63) is 70.9 Å². The van der Waals surface area contributed by atoms with E-state index in [9.17, 15) is 9.59 Å².